The Kier molecular flexibility index (Phi) is 7.18. The van der Waals surface area contributed by atoms with Gasteiger partial charge in [0.15, 0.2) is 16.6 Å². The van der Waals surface area contributed by atoms with Gasteiger partial charge in [0.05, 0.1) is 32.3 Å². The summed E-state index contributed by atoms with van der Waals surface area (Å²) in [6.07, 6.45) is 0.687. The van der Waals surface area contributed by atoms with Gasteiger partial charge >= 0.3 is 0 Å². The van der Waals surface area contributed by atoms with E-state index < -0.39 is 4.92 Å². The molecule has 0 aromatic heterocycles. The van der Waals surface area contributed by atoms with Crippen LogP contribution >= 0.6 is 12.2 Å². The Labute approximate surface area is 162 Å². The van der Waals surface area contributed by atoms with Gasteiger partial charge < -0.3 is 24.8 Å². The summed E-state index contributed by atoms with van der Waals surface area (Å²) in [6.45, 7) is 0.547. The third-order valence-electron chi connectivity index (χ3n) is 3.80. The molecular formula is C18H21N3O5S. The molecule has 0 radical (unpaired) electrons. The third kappa shape index (κ3) is 5.45. The summed E-state index contributed by atoms with van der Waals surface area (Å²) in [4.78, 5) is 10.7. The van der Waals surface area contributed by atoms with Gasteiger partial charge in [-0.2, -0.15) is 0 Å². The lowest BCUT2D eigenvalue weighted by Gasteiger charge is -2.12. The Bertz CT molecular complexity index is 829. The number of nitrogens with zero attached hydrogens (tertiary/aromatic N) is 1. The Hall–Kier alpha value is -3.07. The summed E-state index contributed by atoms with van der Waals surface area (Å²) in [7, 11) is 4.62. The molecule has 0 heterocycles. The van der Waals surface area contributed by atoms with Gasteiger partial charge in [-0.15, -0.1) is 0 Å². The number of thiocarbonyl (C=S) groups is 1. The molecule has 2 aromatic rings. The summed E-state index contributed by atoms with van der Waals surface area (Å²) in [6, 6.07) is 10.2. The van der Waals surface area contributed by atoms with E-state index in [2.05, 4.69) is 10.6 Å². The smallest absolute Gasteiger partial charge is 0.296 e. The third-order valence-corrected chi connectivity index (χ3v) is 4.04. The molecule has 0 saturated heterocycles. The molecular weight excluding hydrogens is 370 g/mol. The van der Waals surface area contributed by atoms with E-state index in [0.717, 1.165) is 5.56 Å². The first-order valence-electron chi connectivity index (χ1n) is 8.06. The number of benzene rings is 2. The van der Waals surface area contributed by atoms with Gasteiger partial charge in [0.25, 0.3) is 5.69 Å². The predicted molar refractivity (Wildman–Crippen MR) is 107 cm³/mol. The van der Waals surface area contributed by atoms with Gasteiger partial charge in [0, 0.05) is 6.54 Å². The number of hydrogen-bond donors (Lipinski definition) is 2. The van der Waals surface area contributed by atoms with Crippen LogP contribution in [0.5, 0.6) is 17.2 Å². The molecule has 0 unspecified atom stereocenters. The van der Waals surface area contributed by atoms with E-state index in [-0.39, 0.29) is 5.69 Å². The van der Waals surface area contributed by atoms with E-state index in [1.54, 1.807) is 26.4 Å². The molecule has 144 valence electrons. The quantitative estimate of drug-likeness (QED) is 0.403. The minimum Gasteiger partial charge on any atom is -0.496 e. The fraction of sp³-hybridized carbons (Fsp3) is 0.278. The highest BCUT2D eigenvalue weighted by Gasteiger charge is 2.16. The van der Waals surface area contributed by atoms with E-state index in [1.165, 1.54) is 13.2 Å². The van der Waals surface area contributed by atoms with Gasteiger partial charge in [-0.1, -0.05) is 6.07 Å². The van der Waals surface area contributed by atoms with Crippen molar-refractivity contribution in [2.75, 3.05) is 33.2 Å². The average molecular weight is 391 g/mol. The van der Waals surface area contributed by atoms with Crippen LogP contribution in [0.2, 0.25) is 0 Å². The van der Waals surface area contributed by atoms with Crippen molar-refractivity contribution in [3.8, 4) is 17.2 Å². The van der Waals surface area contributed by atoms with Crippen molar-refractivity contribution in [3.05, 3.63) is 52.1 Å². The van der Waals surface area contributed by atoms with Crippen molar-refractivity contribution in [1.82, 2.24) is 5.32 Å². The highest BCUT2D eigenvalue weighted by atomic mass is 32.1. The number of nitro benzene ring substituents is 1. The molecule has 8 nitrogen and oxygen atoms in total. The minimum atomic E-state index is -0.489. The number of nitro groups is 1. The first-order valence-corrected chi connectivity index (χ1v) is 8.47. The molecule has 2 N–H and O–H groups in total. The van der Waals surface area contributed by atoms with E-state index in [9.17, 15) is 10.1 Å². The van der Waals surface area contributed by atoms with Gasteiger partial charge in [-0.05, 0) is 48.5 Å². The summed E-state index contributed by atoms with van der Waals surface area (Å²) in [5, 5.41) is 17.4. The second-order valence-corrected chi connectivity index (χ2v) is 5.87. The monoisotopic (exact) mass is 391 g/mol. The molecule has 0 aliphatic heterocycles. The fourth-order valence-electron chi connectivity index (χ4n) is 2.42. The van der Waals surface area contributed by atoms with E-state index >= 15 is 0 Å². The van der Waals surface area contributed by atoms with Gasteiger partial charge in [-0.3, -0.25) is 10.1 Å². The zero-order chi connectivity index (χ0) is 19.8. The maximum Gasteiger partial charge on any atom is 0.296 e. The van der Waals surface area contributed by atoms with Gasteiger partial charge in [-0.25, -0.2) is 0 Å². The van der Waals surface area contributed by atoms with E-state index in [4.69, 9.17) is 26.4 Å². The molecule has 0 aliphatic carbocycles. The van der Waals surface area contributed by atoms with Crippen LogP contribution in [0.25, 0.3) is 0 Å². The zero-order valence-corrected chi connectivity index (χ0v) is 16.1. The number of methoxy groups -OCH3 is 3. The molecule has 0 spiro atoms. The van der Waals surface area contributed by atoms with Crippen LogP contribution in [-0.4, -0.2) is 37.9 Å². The van der Waals surface area contributed by atoms with Gasteiger partial charge in [0.2, 0.25) is 0 Å². The molecule has 27 heavy (non-hydrogen) atoms. The van der Waals surface area contributed by atoms with Crippen molar-refractivity contribution < 1.29 is 19.1 Å². The molecule has 2 aromatic carbocycles. The second kappa shape index (κ2) is 9.58. The highest BCUT2D eigenvalue weighted by Crippen LogP contribution is 2.29. The number of rotatable bonds is 8. The molecule has 0 aliphatic rings. The van der Waals surface area contributed by atoms with Crippen LogP contribution < -0.4 is 24.8 Å². The van der Waals surface area contributed by atoms with E-state index in [0.29, 0.717) is 41.0 Å². The Morgan fingerprint density at radius 3 is 2.44 bits per heavy atom. The standard InChI is InChI=1S/C18H21N3O5S/c1-24-13-5-6-14(15(11-13)21(22)23)20-18(27)19-9-8-12-4-7-16(25-2)17(10-12)26-3/h4-7,10-11H,8-9H2,1-3H3,(H2,19,20,27). The van der Waals surface area contributed by atoms with Crippen LogP contribution in [0.1, 0.15) is 5.56 Å². The zero-order valence-electron chi connectivity index (χ0n) is 15.3. The highest BCUT2D eigenvalue weighted by molar-refractivity contribution is 7.80. The Morgan fingerprint density at radius 1 is 1.07 bits per heavy atom. The topological polar surface area (TPSA) is 94.9 Å². The van der Waals surface area contributed by atoms with Crippen molar-refractivity contribution in [1.29, 1.82) is 0 Å². The first-order chi connectivity index (χ1) is 13.0. The van der Waals surface area contributed by atoms with Crippen molar-refractivity contribution in [3.63, 3.8) is 0 Å². The van der Waals surface area contributed by atoms with Crippen molar-refractivity contribution >= 4 is 28.7 Å². The largest absolute Gasteiger partial charge is 0.496 e. The number of anilines is 1. The van der Waals surface area contributed by atoms with Crippen LogP contribution in [0.3, 0.4) is 0 Å². The normalized spacial score (nSPS) is 10.0. The lowest BCUT2D eigenvalue weighted by Crippen LogP contribution is -2.30. The molecule has 0 bridgehead atoms. The molecule has 2 rings (SSSR count). The molecule has 0 amide bonds. The Balaban J connectivity index is 1.94. The molecule has 0 atom stereocenters. The Morgan fingerprint density at radius 2 is 1.81 bits per heavy atom. The van der Waals surface area contributed by atoms with Crippen molar-refractivity contribution in [2.24, 2.45) is 0 Å². The maximum atomic E-state index is 11.2. The predicted octanol–water partition coefficient (Wildman–Crippen LogP) is 3.15. The first kappa shape index (κ1) is 20.2. The van der Waals surface area contributed by atoms with Crippen LogP contribution in [-0.2, 0) is 6.42 Å². The van der Waals surface area contributed by atoms with Crippen molar-refractivity contribution in [2.45, 2.75) is 6.42 Å². The van der Waals surface area contributed by atoms with Crippen LogP contribution in [0.4, 0.5) is 11.4 Å². The van der Waals surface area contributed by atoms with Crippen LogP contribution in [0, 0.1) is 10.1 Å². The van der Waals surface area contributed by atoms with Gasteiger partial charge in [0.1, 0.15) is 11.4 Å². The number of nitrogens with one attached hydrogen (secondary N) is 2. The van der Waals surface area contributed by atoms with E-state index in [1.807, 2.05) is 18.2 Å². The fourth-order valence-corrected chi connectivity index (χ4v) is 2.63. The number of ether oxygens (including phenoxy) is 3. The van der Waals surface area contributed by atoms with Crippen LogP contribution in [0.15, 0.2) is 36.4 Å². The minimum absolute atomic E-state index is 0.113. The maximum absolute atomic E-state index is 11.2. The lowest BCUT2D eigenvalue weighted by atomic mass is 10.1. The summed E-state index contributed by atoms with van der Waals surface area (Å²) in [5.74, 6) is 1.72. The lowest BCUT2D eigenvalue weighted by molar-refractivity contribution is -0.384. The number of hydrogen-bond acceptors (Lipinski definition) is 6. The summed E-state index contributed by atoms with van der Waals surface area (Å²) >= 11 is 5.23. The summed E-state index contributed by atoms with van der Waals surface area (Å²) < 4.78 is 15.5. The SMILES string of the molecule is COc1ccc(NC(=S)NCCc2ccc(OC)c(OC)c2)c([N+](=O)[O-])c1. The molecule has 0 fully saturated rings. The average Bonchev–Trinajstić information content (AvgIpc) is 2.67. The molecule has 0 saturated carbocycles. The second-order valence-electron chi connectivity index (χ2n) is 5.46. The summed E-state index contributed by atoms with van der Waals surface area (Å²) in [5.41, 5.74) is 1.22. The molecule has 9 heteroatoms.